The molecule has 100 valence electrons. The van der Waals surface area contributed by atoms with Crippen molar-refractivity contribution >= 4 is 40.6 Å². The Labute approximate surface area is 126 Å². The van der Waals surface area contributed by atoms with Crippen molar-refractivity contribution in [3.63, 3.8) is 0 Å². The van der Waals surface area contributed by atoms with Crippen molar-refractivity contribution in [2.24, 2.45) is 10.9 Å². The zero-order valence-electron chi connectivity index (χ0n) is 10.5. The van der Waals surface area contributed by atoms with Crippen LogP contribution in [0, 0.1) is 6.92 Å². The molecule has 0 spiro atoms. The van der Waals surface area contributed by atoms with Crippen LogP contribution >= 0.6 is 34.9 Å². The van der Waals surface area contributed by atoms with E-state index in [9.17, 15) is 0 Å². The Balaban J connectivity index is 2.20. The average Bonchev–Trinajstić information content (AvgIpc) is 2.83. The highest BCUT2D eigenvalue weighted by molar-refractivity contribution is 8.00. The third-order valence-electron chi connectivity index (χ3n) is 2.71. The van der Waals surface area contributed by atoms with Crippen molar-refractivity contribution in [1.82, 2.24) is 0 Å². The molecule has 5 heteroatoms. The summed E-state index contributed by atoms with van der Waals surface area (Å²) in [5.74, 6) is 0. The first-order chi connectivity index (χ1) is 9.10. The van der Waals surface area contributed by atoms with Gasteiger partial charge in [0.2, 0.25) is 0 Å². The van der Waals surface area contributed by atoms with Gasteiger partial charge in [-0.2, -0.15) is 0 Å². The van der Waals surface area contributed by atoms with Gasteiger partial charge in [-0.25, -0.2) is 0 Å². The molecule has 0 aliphatic heterocycles. The highest BCUT2D eigenvalue weighted by atomic mass is 35.5. The molecule has 19 heavy (non-hydrogen) atoms. The quantitative estimate of drug-likeness (QED) is 0.834. The van der Waals surface area contributed by atoms with E-state index in [0.717, 1.165) is 33.8 Å². The van der Waals surface area contributed by atoms with Gasteiger partial charge >= 0.3 is 0 Å². The zero-order chi connectivity index (χ0) is 13.8. The lowest BCUT2D eigenvalue weighted by Gasteiger charge is -2.04. The van der Waals surface area contributed by atoms with E-state index >= 15 is 0 Å². The Morgan fingerprint density at radius 1 is 1.37 bits per heavy atom. The van der Waals surface area contributed by atoms with Gasteiger partial charge in [-0.3, -0.25) is 5.14 Å². The van der Waals surface area contributed by atoms with Crippen LogP contribution in [0.4, 0.5) is 0 Å². The largest absolute Gasteiger partial charge is 0.397 e. The summed E-state index contributed by atoms with van der Waals surface area (Å²) in [6.07, 6.45) is 0.828. The molecule has 0 aliphatic carbocycles. The summed E-state index contributed by atoms with van der Waals surface area (Å²) in [5, 5.41) is 7.93. The maximum Gasteiger partial charge on any atom is 0.0566 e. The van der Waals surface area contributed by atoms with Gasteiger partial charge < -0.3 is 5.73 Å². The number of thiophene rings is 1. The number of halogens is 1. The second-order valence-corrected chi connectivity index (χ2v) is 6.33. The molecule has 0 radical (unpaired) electrons. The third-order valence-corrected chi connectivity index (χ3v) is 4.60. The minimum absolute atomic E-state index is 0.707. The van der Waals surface area contributed by atoms with E-state index in [4.69, 9.17) is 22.5 Å². The second kappa shape index (κ2) is 6.48. The Morgan fingerprint density at radius 2 is 2.16 bits per heavy atom. The van der Waals surface area contributed by atoms with Crippen LogP contribution in [-0.2, 0) is 6.42 Å². The predicted molar refractivity (Wildman–Crippen MR) is 87.3 cm³/mol. The molecular weight excluding hydrogens is 296 g/mol. The molecule has 2 aromatic rings. The standard InChI is InChI=1S/C14H15ClN2S2/c1-9-2-4-12(15)10(6-9)7-11-3-5-14(19-11)13(16)8-18-17/h2-6,8H,7,16-17H2,1H3/b13-8-. The third kappa shape index (κ3) is 3.76. The molecule has 0 fully saturated rings. The maximum atomic E-state index is 6.21. The second-order valence-electron chi connectivity index (χ2n) is 4.25. The number of rotatable bonds is 4. The van der Waals surface area contributed by atoms with Gasteiger partial charge in [0.1, 0.15) is 0 Å². The van der Waals surface area contributed by atoms with Gasteiger partial charge in [0, 0.05) is 21.7 Å². The summed E-state index contributed by atoms with van der Waals surface area (Å²) < 4.78 is 0. The SMILES string of the molecule is Cc1ccc(Cl)c(Cc2ccc(/C(N)=C/SN)s2)c1. The van der Waals surface area contributed by atoms with Crippen LogP contribution < -0.4 is 10.9 Å². The molecule has 1 aromatic carbocycles. The molecule has 0 atom stereocenters. The van der Waals surface area contributed by atoms with Crippen molar-refractivity contribution in [3.05, 3.63) is 61.6 Å². The van der Waals surface area contributed by atoms with E-state index < -0.39 is 0 Å². The van der Waals surface area contributed by atoms with Gasteiger partial charge in [-0.15, -0.1) is 11.3 Å². The van der Waals surface area contributed by atoms with Crippen molar-refractivity contribution in [3.8, 4) is 0 Å². The van der Waals surface area contributed by atoms with Crippen LogP contribution in [0.15, 0.2) is 35.7 Å². The van der Waals surface area contributed by atoms with Crippen molar-refractivity contribution < 1.29 is 0 Å². The van der Waals surface area contributed by atoms with Crippen LogP contribution in [0.5, 0.6) is 0 Å². The van der Waals surface area contributed by atoms with Crippen LogP contribution in [0.3, 0.4) is 0 Å². The molecule has 0 unspecified atom stereocenters. The average molecular weight is 311 g/mol. The minimum Gasteiger partial charge on any atom is -0.397 e. The Hall–Kier alpha value is -0.940. The van der Waals surface area contributed by atoms with Crippen LogP contribution in [0.1, 0.15) is 20.9 Å². The fourth-order valence-corrected chi connectivity index (χ4v) is 3.28. The molecule has 2 rings (SSSR count). The normalized spacial score (nSPS) is 11.8. The highest BCUT2D eigenvalue weighted by Gasteiger charge is 2.06. The van der Waals surface area contributed by atoms with Gasteiger partial charge in [0.25, 0.3) is 0 Å². The van der Waals surface area contributed by atoms with Crippen LogP contribution in [0.2, 0.25) is 5.02 Å². The lowest BCUT2D eigenvalue weighted by Crippen LogP contribution is -1.92. The maximum absolute atomic E-state index is 6.21. The molecule has 0 saturated carbocycles. The lowest BCUT2D eigenvalue weighted by molar-refractivity contribution is 1.22. The smallest absolute Gasteiger partial charge is 0.0566 e. The first-order valence-corrected chi connectivity index (χ1v) is 7.89. The summed E-state index contributed by atoms with van der Waals surface area (Å²) in [4.78, 5) is 2.28. The molecule has 1 heterocycles. The minimum atomic E-state index is 0.707. The molecule has 2 nitrogen and oxygen atoms in total. The number of hydrogen-bond donors (Lipinski definition) is 2. The Bertz CT molecular complexity index is 605. The predicted octanol–water partition coefficient (Wildman–Crippen LogP) is 4.16. The van der Waals surface area contributed by atoms with E-state index in [1.54, 1.807) is 16.7 Å². The van der Waals surface area contributed by atoms with Gasteiger partial charge in [0.15, 0.2) is 0 Å². The topological polar surface area (TPSA) is 52.0 Å². The van der Waals surface area contributed by atoms with E-state index in [0.29, 0.717) is 5.70 Å². The van der Waals surface area contributed by atoms with E-state index in [1.807, 2.05) is 18.2 Å². The molecule has 0 saturated heterocycles. The van der Waals surface area contributed by atoms with Gasteiger partial charge in [-0.1, -0.05) is 41.2 Å². The summed E-state index contributed by atoms with van der Waals surface area (Å²) in [7, 11) is 0. The fraction of sp³-hybridized carbons (Fsp3) is 0.143. The Morgan fingerprint density at radius 3 is 2.89 bits per heavy atom. The van der Waals surface area contributed by atoms with Crippen molar-refractivity contribution in [1.29, 1.82) is 0 Å². The first kappa shape index (κ1) is 14.5. The number of benzene rings is 1. The molecule has 1 aromatic heterocycles. The molecular formula is C14H15ClN2S2. The van der Waals surface area contributed by atoms with Crippen molar-refractivity contribution in [2.45, 2.75) is 13.3 Å². The number of nitrogens with two attached hydrogens (primary N) is 2. The zero-order valence-corrected chi connectivity index (χ0v) is 12.9. The summed E-state index contributed by atoms with van der Waals surface area (Å²) in [6.45, 7) is 2.07. The molecule has 0 bridgehead atoms. The first-order valence-electron chi connectivity index (χ1n) is 5.75. The molecule has 4 N–H and O–H groups in total. The Kier molecular flexibility index (Phi) is 4.93. The summed E-state index contributed by atoms with van der Waals surface area (Å²) in [6, 6.07) is 10.2. The fourth-order valence-electron chi connectivity index (χ4n) is 1.79. The van der Waals surface area contributed by atoms with Gasteiger partial charge in [0.05, 0.1) is 10.6 Å². The van der Waals surface area contributed by atoms with E-state index in [-0.39, 0.29) is 0 Å². The van der Waals surface area contributed by atoms with E-state index in [1.165, 1.54) is 10.4 Å². The summed E-state index contributed by atoms with van der Waals surface area (Å²) >= 11 is 9.00. The number of aryl methyl sites for hydroxylation is 1. The molecule has 0 aliphatic rings. The molecule has 0 amide bonds. The monoisotopic (exact) mass is 310 g/mol. The summed E-state index contributed by atoms with van der Waals surface area (Å²) in [5.41, 5.74) is 8.98. The van der Waals surface area contributed by atoms with Crippen LogP contribution in [-0.4, -0.2) is 0 Å². The van der Waals surface area contributed by atoms with Gasteiger partial charge in [-0.05, 0) is 30.7 Å². The lowest BCUT2D eigenvalue weighted by atomic mass is 10.1. The number of hydrogen-bond acceptors (Lipinski definition) is 4. The van der Waals surface area contributed by atoms with Crippen molar-refractivity contribution in [2.75, 3.05) is 0 Å². The highest BCUT2D eigenvalue weighted by Crippen LogP contribution is 2.27. The van der Waals surface area contributed by atoms with Crippen LogP contribution in [0.25, 0.3) is 5.70 Å². The van der Waals surface area contributed by atoms with E-state index in [2.05, 4.69) is 19.1 Å².